The van der Waals surface area contributed by atoms with E-state index in [9.17, 15) is 5.11 Å². The summed E-state index contributed by atoms with van der Waals surface area (Å²) in [5.74, 6) is 0.738. The second-order valence-electron chi connectivity index (χ2n) is 8.44. The molecule has 1 aromatic carbocycles. The predicted octanol–water partition coefficient (Wildman–Crippen LogP) is 3.97. The van der Waals surface area contributed by atoms with Crippen LogP contribution in [0, 0.1) is 12.3 Å². The van der Waals surface area contributed by atoms with E-state index in [-0.39, 0.29) is 24.2 Å². The van der Waals surface area contributed by atoms with Crippen molar-refractivity contribution in [2.24, 2.45) is 11.1 Å². The highest BCUT2D eigenvalue weighted by molar-refractivity contribution is 6.43. The largest absolute Gasteiger partial charge is 0.390 e. The highest BCUT2D eigenvalue weighted by atomic mass is 35.5. The molecule has 2 atom stereocenters. The Hall–Kier alpha value is -1.44. The molecule has 1 aliphatic carbocycles. The van der Waals surface area contributed by atoms with Crippen molar-refractivity contribution in [1.82, 2.24) is 9.97 Å². The number of ether oxygens (including phenoxy) is 1. The average Bonchev–Trinajstić information content (AvgIpc) is 3.06. The smallest absolute Gasteiger partial charge is 0.153 e. The number of halogens is 2. The van der Waals surface area contributed by atoms with Crippen LogP contribution in [0.15, 0.2) is 18.2 Å². The van der Waals surface area contributed by atoms with Gasteiger partial charge in [0, 0.05) is 31.8 Å². The van der Waals surface area contributed by atoms with Crippen LogP contribution in [0.4, 0.5) is 5.82 Å². The Kier molecular flexibility index (Phi) is 6.24. The molecule has 8 heteroatoms. The van der Waals surface area contributed by atoms with Crippen molar-refractivity contribution >= 4 is 29.0 Å². The first-order chi connectivity index (χ1) is 14.4. The monoisotopic (exact) mass is 450 g/mol. The number of rotatable bonds is 4. The molecule has 1 saturated carbocycles. The van der Waals surface area contributed by atoms with Crippen molar-refractivity contribution in [3.63, 3.8) is 0 Å². The third-order valence-corrected chi connectivity index (χ3v) is 7.63. The molecule has 4 rings (SSSR count). The van der Waals surface area contributed by atoms with Crippen molar-refractivity contribution in [3.8, 4) is 11.3 Å². The van der Waals surface area contributed by atoms with E-state index in [0.717, 1.165) is 55.8 Å². The Labute approximate surface area is 187 Å². The number of nitrogens with zero attached hydrogens (tertiary/aromatic N) is 3. The Balaban J connectivity index is 1.60. The molecule has 0 bridgehead atoms. The van der Waals surface area contributed by atoms with Crippen molar-refractivity contribution in [2.45, 2.75) is 51.4 Å². The van der Waals surface area contributed by atoms with Crippen molar-refractivity contribution < 1.29 is 9.84 Å². The highest BCUT2D eigenvalue weighted by Gasteiger charge is 2.47. The van der Waals surface area contributed by atoms with Crippen LogP contribution in [-0.2, 0) is 11.3 Å². The van der Waals surface area contributed by atoms with E-state index in [4.69, 9.17) is 43.6 Å². The summed E-state index contributed by atoms with van der Waals surface area (Å²) in [5.41, 5.74) is 9.29. The number of aryl methyl sites for hydroxylation is 1. The molecule has 2 heterocycles. The molecule has 2 fully saturated rings. The minimum Gasteiger partial charge on any atom is -0.390 e. The lowest BCUT2D eigenvalue weighted by Crippen LogP contribution is -2.47. The molecule has 1 saturated heterocycles. The summed E-state index contributed by atoms with van der Waals surface area (Å²) in [4.78, 5) is 11.8. The van der Waals surface area contributed by atoms with E-state index in [0.29, 0.717) is 21.4 Å². The van der Waals surface area contributed by atoms with Gasteiger partial charge in [-0.05, 0) is 44.1 Å². The first-order valence-corrected chi connectivity index (χ1v) is 11.1. The van der Waals surface area contributed by atoms with Gasteiger partial charge in [-0.3, -0.25) is 0 Å². The Morgan fingerprint density at radius 2 is 2.00 bits per heavy atom. The molecular formula is C22H28Cl2N4O2. The van der Waals surface area contributed by atoms with Crippen LogP contribution in [0.3, 0.4) is 0 Å². The molecular weight excluding hydrogens is 423 g/mol. The zero-order chi connectivity index (χ0) is 21.5. The summed E-state index contributed by atoms with van der Waals surface area (Å²) < 4.78 is 5.58. The average molecular weight is 451 g/mol. The van der Waals surface area contributed by atoms with Gasteiger partial charge in [0.2, 0.25) is 0 Å². The first-order valence-electron chi connectivity index (χ1n) is 10.3. The maximum atomic E-state index is 10.0. The zero-order valence-corrected chi connectivity index (χ0v) is 18.9. The zero-order valence-electron chi connectivity index (χ0n) is 17.4. The third kappa shape index (κ3) is 3.80. The normalized spacial score (nSPS) is 23.3. The summed E-state index contributed by atoms with van der Waals surface area (Å²) in [6.07, 6.45) is 4.17. The molecule has 0 amide bonds. The van der Waals surface area contributed by atoms with Gasteiger partial charge in [-0.1, -0.05) is 35.3 Å². The summed E-state index contributed by atoms with van der Waals surface area (Å²) >= 11 is 12.6. The van der Waals surface area contributed by atoms with E-state index in [2.05, 4.69) is 4.90 Å². The molecule has 162 valence electrons. The quantitative estimate of drug-likeness (QED) is 0.732. The van der Waals surface area contributed by atoms with Crippen LogP contribution in [-0.4, -0.2) is 47.4 Å². The van der Waals surface area contributed by atoms with E-state index in [1.807, 2.05) is 19.1 Å². The van der Waals surface area contributed by atoms with Gasteiger partial charge < -0.3 is 20.5 Å². The second kappa shape index (κ2) is 8.60. The van der Waals surface area contributed by atoms with Gasteiger partial charge in [0.25, 0.3) is 0 Å². The molecule has 6 nitrogen and oxygen atoms in total. The Bertz CT molecular complexity index is 932. The number of nitrogens with two attached hydrogens (primary N) is 1. The summed E-state index contributed by atoms with van der Waals surface area (Å²) in [7, 11) is 1.77. The van der Waals surface area contributed by atoms with Gasteiger partial charge >= 0.3 is 0 Å². The fraction of sp³-hybridized carbons (Fsp3) is 0.545. The topological polar surface area (TPSA) is 84.5 Å². The SMILES string of the molecule is CO[C@H]1C[C@@H](N)C2(CCN(c3nc(C)c(-c4cccc(Cl)c4Cl)nc3CO)CC2)C1. The fourth-order valence-electron chi connectivity index (χ4n) is 4.98. The summed E-state index contributed by atoms with van der Waals surface area (Å²) in [6, 6.07) is 5.61. The molecule has 2 aromatic rings. The van der Waals surface area contributed by atoms with E-state index in [1.165, 1.54) is 0 Å². The maximum absolute atomic E-state index is 10.0. The molecule has 0 unspecified atom stereocenters. The van der Waals surface area contributed by atoms with Gasteiger partial charge in [0.15, 0.2) is 5.82 Å². The van der Waals surface area contributed by atoms with Gasteiger partial charge in [-0.25, -0.2) is 9.97 Å². The Morgan fingerprint density at radius 1 is 1.27 bits per heavy atom. The molecule has 1 spiro atoms. The highest BCUT2D eigenvalue weighted by Crippen LogP contribution is 2.47. The lowest BCUT2D eigenvalue weighted by atomic mass is 9.74. The molecule has 30 heavy (non-hydrogen) atoms. The first kappa shape index (κ1) is 21.8. The van der Waals surface area contributed by atoms with Gasteiger partial charge in [-0.2, -0.15) is 0 Å². The summed E-state index contributed by atoms with van der Waals surface area (Å²) in [6.45, 7) is 3.39. The molecule has 1 aromatic heterocycles. The molecule has 3 N–H and O–H groups in total. The number of aliphatic hydroxyl groups is 1. The van der Waals surface area contributed by atoms with Crippen LogP contribution >= 0.6 is 23.2 Å². The molecule has 2 aliphatic rings. The predicted molar refractivity (Wildman–Crippen MR) is 120 cm³/mol. The van der Waals surface area contributed by atoms with E-state index in [1.54, 1.807) is 13.2 Å². The lowest BCUT2D eigenvalue weighted by Gasteiger charge is -2.42. The number of hydrogen-bond donors (Lipinski definition) is 2. The third-order valence-electron chi connectivity index (χ3n) is 6.81. The van der Waals surface area contributed by atoms with E-state index >= 15 is 0 Å². The number of piperidine rings is 1. The number of methoxy groups -OCH3 is 1. The number of hydrogen-bond acceptors (Lipinski definition) is 6. The van der Waals surface area contributed by atoms with Crippen molar-refractivity contribution in [3.05, 3.63) is 39.6 Å². The van der Waals surface area contributed by atoms with Crippen LogP contribution in [0.2, 0.25) is 10.0 Å². The van der Waals surface area contributed by atoms with Crippen LogP contribution in [0.25, 0.3) is 11.3 Å². The number of aliphatic hydroxyl groups excluding tert-OH is 1. The Morgan fingerprint density at radius 3 is 2.63 bits per heavy atom. The van der Waals surface area contributed by atoms with Gasteiger partial charge in [0.05, 0.1) is 34.1 Å². The maximum Gasteiger partial charge on any atom is 0.153 e. The fourth-order valence-corrected chi connectivity index (χ4v) is 5.37. The van der Waals surface area contributed by atoms with Crippen LogP contribution in [0.5, 0.6) is 0 Å². The van der Waals surface area contributed by atoms with Crippen molar-refractivity contribution in [2.75, 3.05) is 25.1 Å². The standard InChI is InChI=1S/C22H28Cl2N4O2/c1-13-20(15-4-3-5-16(23)19(15)24)27-17(12-29)21(26-13)28-8-6-22(7-9-28)11-14(30-2)10-18(22)25/h3-5,14,18,29H,6-12,25H2,1-2H3/t14-,18+/m0/s1. The van der Waals surface area contributed by atoms with E-state index < -0.39 is 0 Å². The minimum absolute atomic E-state index is 0.132. The van der Waals surface area contributed by atoms with Crippen LogP contribution in [0.1, 0.15) is 37.1 Å². The van der Waals surface area contributed by atoms with Gasteiger partial charge in [-0.15, -0.1) is 0 Å². The lowest BCUT2D eigenvalue weighted by molar-refractivity contribution is 0.0890. The molecule has 1 aliphatic heterocycles. The summed E-state index contributed by atoms with van der Waals surface area (Å²) in [5, 5.41) is 10.9. The minimum atomic E-state index is -0.194. The second-order valence-corrected chi connectivity index (χ2v) is 9.23. The van der Waals surface area contributed by atoms with Gasteiger partial charge in [0.1, 0.15) is 5.69 Å². The van der Waals surface area contributed by atoms with Crippen LogP contribution < -0.4 is 10.6 Å². The number of anilines is 1. The molecule has 0 radical (unpaired) electrons. The van der Waals surface area contributed by atoms with Crippen molar-refractivity contribution in [1.29, 1.82) is 0 Å². The number of benzene rings is 1. The number of aromatic nitrogens is 2.